The van der Waals surface area contributed by atoms with Gasteiger partial charge in [-0.05, 0) is 65.6 Å². The Labute approximate surface area is 334 Å². The van der Waals surface area contributed by atoms with Gasteiger partial charge in [0.05, 0.1) is 30.8 Å². The van der Waals surface area contributed by atoms with Crippen LogP contribution in [0.2, 0.25) is 0 Å². The van der Waals surface area contributed by atoms with Crippen LogP contribution >= 0.6 is 0 Å². The van der Waals surface area contributed by atoms with Crippen LogP contribution in [0.3, 0.4) is 0 Å². The number of H-pyrrole nitrogens is 2. The topological polar surface area (TPSA) is 181 Å². The molecule has 0 saturated heterocycles. The van der Waals surface area contributed by atoms with Crippen LogP contribution in [-0.4, -0.2) is 59.5 Å². The Hall–Kier alpha value is -6.83. The van der Waals surface area contributed by atoms with Gasteiger partial charge >= 0.3 is 0 Å². The Balaban J connectivity index is 1.02. The number of para-hydroxylation sites is 2. The zero-order valence-corrected chi connectivity index (χ0v) is 32.0. The number of nitrogens with one attached hydrogen (secondary N) is 4. The van der Waals surface area contributed by atoms with Crippen molar-refractivity contribution >= 4 is 56.6 Å². The minimum Gasteiger partial charge on any atom is -0.396 e. The summed E-state index contributed by atoms with van der Waals surface area (Å²) in [6.45, 7) is 2.44. The Morgan fingerprint density at radius 3 is 2.19 bits per heavy atom. The highest BCUT2D eigenvalue weighted by atomic mass is 16.3. The molecule has 4 aromatic carbocycles. The number of anilines is 3. The van der Waals surface area contributed by atoms with Crippen LogP contribution in [0.15, 0.2) is 122 Å². The van der Waals surface area contributed by atoms with Gasteiger partial charge in [-0.15, -0.1) is 5.10 Å². The zero-order chi connectivity index (χ0) is 40.2. The van der Waals surface area contributed by atoms with Crippen LogP contribution in [0, 0.1) is 5.92 Å². The van der Waals surface area contributed by atoms with E-state index in [1.54, 1.807) is 47.0 Å². The first-order valence-electron chi connectivity index (χ1n) is 19.3. The standard InChI is InChI=1S/C45H44N8O5/c1-29(9-6-7-19-52-28-35(18-20-54)50-51-52)45(58)38-24-34(49-43(56)23-32-26-47-40-15-5-3-13-37(32)40)16-17-41(38)53(44(45)57)27-30-10-8-11-33(21-30)48-42(55)22-31-25-46-39-14-4-2-12-36(31)39/h2-6,8-17,21,24-26,28-29,46-47,54,58H,7,18-20,22-23,27H2,1H3,(H,48,55)(H,49,56)/b9-6+/t29-,45+/m0/s1. The molecule has 3 aromatic heterocycles. The molecule has 0 bridgehead atoms. The number of carbonyl (C=O) groups is 3. The molecule has 4 heterocycles. The van der Waals surface area contributed by atoms with E-state index in [-0.39, 0.29) is 37.8 Å². The predicted octanol–water partition coefficient (Wildman–Crippen LogP) is 6.15. The Morgan fingerprint density at radius 1 is 0.862 bits per heavy atom. The molecule has 13 nitrogen and oxygen atoms in total. The zero-order valence-electron chi connectivity index (χ0n) is 32.0. The maximum atomic E-state index is 14.5. The molecule has 58 heavy (non-hydrogen) atoms. The van der Waals surface area contributed by atoms with Gasteiger partial charge in [-0.1, -0.05) is 72.8 Å². The molecular formula is C45H44N8O5. The van der Waals surface area contributed by atoms with E-state index in [0.29, 0.717) is 47.7 Å². The normalized spacial score (nSPS) is 15.7. The summed E-state index contributed by atoms with van der Waals surface area (Å²) < 4.78 is 1.69. The third-order valence-electron chi connectivity index (χ3n) is 10.7. The van der Waals surface area contributed by atoms with E-state index in [0.717, 1.165) is 38.5 Å². The van der Waals surface area contributed by atoms with Gasteiger partial charge in [0.25, 0.3) is 5.91 Å². The number of carbonyl (C=O) groups excluding carboxylic acids is 3. The molecule has 0 spiro atoms. The number of aliphatic hydroxyl groups excluding tert-OH is 1. The van der Waals surface area contributed by atoms with Gasteiger partial charge in [-0.25, -0.2) is 0 Å². The lowest BCUT2D eigenvalue weighted by Crippen LogP contribution is -2.44. The Kier molecular flexibility index (Phi) is 10.7. The van der Waals surface area contributed by atoms with Gasteiger partial charge in [0, 0.05) is 82.8 Å². The summed E-state index contributed by atoms with van der Waals surface area (Å²) in [5.74, 6) is -1.56. The predicted molar refractivity (Wildman–Crippen MR) is 223 cm³/mol. The Bertz CT molecular complexity index is 2660. The maximum absolute atomic E-state index is 14.5. The third-order valence-corrected chi connectivity index (χ3v) is 10.7. The molecule has 2 atom stereocenters. The average molecular weight is 777 g/mol. The van der Waals surface area contributed by atoms with Crippen LogP contribution in [0.5, 0.6) is 0 Å². The number of aromatic nitrogens is 5. The molecule has 0 fully saturated rings. The van der Waals surface area contributed by atoms with E-state index in [4.69, 9.17) is 0 Å². The summed E-state index contributed by atoms with van der Waals surface area (Å²) >= 11 is 0. The molecule has 0 aliphatic carbocycles. The number of nitrogens with zero attached hydrogens (tertiary/aromatic N) is 4. The van der Waals surface area contributed by atoms with Crippen molar-refractivity contribution in [3.05, 3.63) is 150 Å². The first-order chi connectivity index (χ1) is 28.2. The van der Waals surface area contributed by atoms with Gasteiger partial charge in [0.15, 0.2) is 5.60 Å². The van der Waals surface area contributed by atoms with Gasteiger partial charge in [0.2, 0.25) is 11.8 Å². The maximum Gasteiger partial charge on any atom is 0.264 e. The summed E-state index contributed by atoms with van der Waals surface area (Å²) in [6, 6.07) is 28.1. The average Bonchev–Trinajstić information content (AvgIpc) is 4.00. The molecule has 1 aliphatic rings. The van der Waals surface area contributed by atoms with Crippen molar-refractivity contribution < 1.29 is 24.6 Å². The number of hydrogen-bond acceptors (Lipinski definition) is 7. The molecule has 0 unspecified atom stereocenters. The van der Waals surface area contributed by atoms with Crippen molar-refractivity contribution in [2.24, 2.45) is 5.92 Å². The molecule has 0 radical (unpaired) electrons. The molecule has 7 aromatic rings. The molecule has 3 amide bonds. The van der Waals surface area contributed by atoms with Crippen LogP contribution in [-0.2, 0) is 52.3 Å². The van der Waals surface area contributed by atoms with E-state index >= 15 is 0 Å². The lowest BCUT2D eigenvalue weighted by Gasteiger charge is -2.28. The molecule has 13 heteroatoms. The lowest BCUT2D eigenvalue weighted by atomic mass is 9.82. The summed E-state index contributed by atoms with van der Waals surface area (Å²) in [5, 5.41) is 37.8. The first-order valence-corrected chi connectivity index (χ1v) is 19.3. The highest BCUT2D eigenvalue weighted by Gasteiger charge is 2.52. The number of fused-ring (bicyclic) bond motifs is 3. The van der Waals surface area contributed by atoms with Gasteiger partial charge in [0.1, 0.15) is 0 Å². The van der Waals surface area contributed by atoms with E-state index in [1.165, 1.54) is 0 Å². The molecule has 1 aliphatic heterocycles. The summed E-state index contributed by atoms with van der Waals surface area (Å²) in [5.41, 5.74) is 5.11. The summed E-state index contributed by atoms with van der Waals surface area (Å²) in [4.78, 5) is 49.0. The van der Waals surface area contributed by atoms with E-state index < -0.39 is 17.4 Å². The van der Waals surface area contributed by atoms with Crippen LogP contribution in [0.4, 0.5) is 17.1 Å². The van der Waals surface area contributed by atoms with Crippen molar-refractivity contribution in [2.45, 2.75) is 51.3 Å². The fraction of sp³-hybridized carbons (Fsp3) is 0.222. The number of aryl methyl sites for hydroxylation is 1. The monoisotopic (exact) mass is 776 g/mol. The molecular weight excluding hydrogens is 733 g/mol. The SMILES string of the molecule is C[C@@H](/C=C/CCn1cc(CCO)nn1)[C@]1(O)C(=O)N(Cc2cccc(NC(=O)Cc3c[nH]c4ccccc34)c2)c2ccc(NC(=O)Cc3c[nH]c4ccccc34)cc21. The van der Waals surface area contributed by atoms with Gasteiger partial charge in [-0.3, -0.25) is 19.1 Å². The Morgan fingerprint density at radius 2 is 1.52 bits per heavy atom. The number of amides is 3. The number of benzene rings is 4. The minimum absolute atomic E-state index is 0.00873. The van der Waals surface area contributed by atoms with E-state index in [2.05, 4.69) is 30.9 Å². The first kappa shape index (κ1) is 38.1. The largest absolute Gasteiger partial charge is 0.396 e. The van der Waals surface area contributed by atoms with E-state index in [9.17, 15) is 24.6 Å². The van der Waals surface area contributed by atoms with Crippen molar-refractivity contribution in [1.29, 1.82) is 0 Å². The highest BCUT2D eigenvalue weighted by Crippen LogP contribution is 2.47. The van der Waals surface area contributed by atoms with Crippen LogP contribution in [0.25, 0.3) is 21.8 Å². The number of rotatable bonds is 15. The number of allylic oxidation sites excluding steroid dienone is 1. The molecule has 294 valence electrons. The van der Waals surface area contributed by atoms with E-state index in [1.807, 2.05) is 91.3 Å². The van der Waals surface area contributed by atoms with Crippen LogP contribution < -0.4 is 15.5 Å². The molecule has 8 rings (SSSR count). The van der Waals surface area contributed by atoms with Crippen molar-refractivity contribution in [3.63, 3.8) is 0 Å². The quantitative estimate of drug-likeness (QED) is 0.0675. The van der Waals surface area contributed by atoms with Crippen molar-refractivity contribution in [3.8, 4) is 0 Å². The number of aromatic amines is 2. The second kappa shape index (κ2) is 16.3. The van der Waals surface area contributed by atoms with Gasteiger partial charge in [-0.2, -0.15) is 0 Å². The summed E-state index contributed by atoms with van der Waals surface area (Å²) in [6.07, 6.45) is 10.5. The van der Waals surface area contributed by atoms with Crippen molar-refractivity contribution in [1.82, 2.24) is 25.0 Å². The van der Waals surface area contributed by atoms with Crippen molar-refractivity contribution in [2.75, 3.05) is 22.1 Å². The third kappa shape index (κ3) is 7.77. The fourth-order valence-electron chi connectivity index (χ4n) is 7.75. The lowest BCUT2D eigenvalue weighted by molar-refractivity contribution is -0.139. The highest BCUT2D eigenvalue weighted by molar-refractivity contribution is 6.08. The number of hydrogen-bond donors (Lipinski definition) is 6. The second-order valence-corrected chi connectivity index (χ2v) is 14.7. The molecule has 0 saturated carbocycles. The fourth-order valence-corrected chi connectivity index (χ4v) is 7.75. The molecule has 6 N–H and O–H groups in total. The van der Waals surface area contributed by atoms with Gasteiger partial charge < -0.3 is 35.7 Å². The summed E-state index contributed by atoms with van der Waals surface area (Å²) in [7, 11) is 0. The second-order valence-electron chi connectivity index (χ2n) is 14.7. The van der Waals surface area contributed by atoms with Crippen LogP contribution in [0.1, 0.15) is 41.3 Å². The minimum atomic E-state index is -1.95. The smallest absolute Gasteiger partial charge is 0.264 e. The number of aliphatic hydroxyl groups is 2.